The molecule has 4 nitrogen and oxygen atoms in total. The summed E-state index contributed by atoms with van der Waals surface area (Å²) in [6.07, 6.45) is 1.49. The second-order valence-corrected chi connectivity index (χ2v) is 4.84. The second-order valence-electron chi connectivity index (χ2n) is 4.06. The zero-order valence-electron chi connectivity index (χ0n) is 8.33. The average Bonchev–Trinajstić information content (AvgIpc) is 2.35. The Labute approximate surface area is 82.2 Å². The smallest absolute Gasteiger partial charge is 0.202 e. The summed E-state index contributed by atoms with van der Waals surface area (Å²) in [5.74, 6) is 0. The lowest BCUT2D eigenvalue weighted by Gasteiger charge is -2.37. The first-order chi connectivity index (χ1) is 5.83. The Kier molecular flexibility index (Phi) is 2.58. The summed E-state index contributed by atoms with van der Waals surface area (Å²) in [5.41, 5.74) is -1.23. The first-order valence-corrected chi connectivity index (χ1v) is 4.87. The van der Waals surface area contributed by atoms with Gasteiger partial charge in [-0.05, 0) is 27.7 Å². The summed E-state index contributed by atoms with van der Waals surface area (Å²) in [7, 11) is 0. The Morgan fingerprint density at radius 3 is 2.38 bits per heavy atom. The topological polar surface area (TPSA) is 58.0 Å². The predicted molar refractivity (Wildman–Crippen MR) is 53.9 cm³/mol. The lowest BCUT2D eigenvalue weighted by molar-refractivity contribution is 0.0240. The highest BCUT2D eigenvalue weighted by Crippen LogP contribution is 2.25. The van der Waals surface area contributed by atoms with E-state index in [1.54, 1.807) is 13.8 Å². The fraction of sp³-hybridized carbons (Fsp3) is 0.750. The van der Waals surface area contributed by atoms with Crippen LogP contribution in [0.2, 0.25) is 0 Å². The molecule has 0 bridgehead atoms. The Bertz CT molecular complexity index is 263. The summed E-state index contributed by atoms with van der Waals surface area (Å²) in [6.45, 7) is 7.38. The fourth-order valence-corrected chi connectivity index (χ4v) is 1.24. The van der Waals surface area contributed by atoms with Crippen LogP contribution >= 0.6 is 11.5 Å². The molecule has 1 heterocycles. The zero-order valence-corrected chi connectivity index (χ0v) is 9.14. The Morgan fingerprint density at radius 1 is 1.38 bits per heavy atom. The Balaban J connectivity index is 2.73. The molecule has 0 unspecified atom stereocenters. The Hall–Kier alpha value is -0.680. The van der Waals surface area contributed by atoms with Gasteiger partial charge in [-0.2, -0.15) is 4.37 Å². The lowest BCUT2D eigenvalue weighted by atomic mass is 9.86. The predicted octanol–water partition coefficient (Wildman–Crippen LogP) is 1.50. The molecule has 1 rings (SSSR count). The van der Waals surface area contributed by atoms with Crippen molar-refractivity contribution in [3.05, 3.63) is 6.33 Å². The molecule has 2 N–H and O–H groups in total. The van der Waals surface area contributed by atoms with Gasteiger partial charge >= 0.3 is 0 Å². The standard InChI is InChI=1S/C8H15N3OS/c1-7(2,8(3,4)12)11-6-9-5-10-13-6/h5,12H,1-4H3,(H,9,10,11). The number of anilines is 1. The zero-order chi connectivity index (χ0) is 10.1. The van der Waals surface area contributed by atoms with E-state index in [9.17, 15) is 5.11 Å². The number of aliphatic hydroxyl groups is 1. The minimum Gasteiger partial charge on any atom is -0.388 e. The van der Waals surface area contributed by atoms with Crippen LogP contribution in [0.4, 0.5) is 5.13 Å². The molecule has 0 aliphatic rings. The summed E-state index contributed by atoms with van der Waals surface area (Å²) in [4.78, 5) is 4.00. The summed E-state index contributed by atoms with van der Waals surface area (Å²) in [6, 6.07) is 0. The SMILES string of the molecule is CC(C)(O)C(C)(C)Nc1ncns1. The van der Waals surface area contributed by atoms with Crippen LogP contribution in [0.25, 0.3) is 0 Å². The molecule has 0 fully saturated rings. The number of aromatic nitrogens is 2. The number of nitrogens with zero attached hydrogens (tertiary/aromatic N) is 2. The third-order valence-corrected chi connectivity index (χ3v) is 2.89. The monoisotopic (exact) mass is 201 g/mol. The third-order valence-electron chi connectivity index (χ3n) is 2.31. The molecule has 0 aromatic carbocycles. The molecule has 0 atom stereocenters. The van der Waals surface area contributed by atoms with Crippen molar-refractivity contribution >= 4 is 16.7 Å². The van der Waals surface area contributed by atoms with E-state index in [-0.39, 0.29) is 0 Å². The average molecular weight is 201 g/mol. The molecular formula is C8H15N3OS. The van der Waals surface area contributed by atoms with Gasteiger partial charge in [0.1, 0.15) is 6.33 Å². The molecule has 0 spiro atoms. The molecule has 0 aliphatic carbocycles. The number of hydrogen-bond acceptors (Lipinski definition) is 5. The molecule has 1 aromatic heterocycles. The van der Waals surface area contributed by atoms with E-state index in [0.717, 1.165) is 5.13 Å². The van der Waals surface area contributed by atoms with Crippen molar-refractivity contribution in [2.45, 2.75) is 38.8 Å². The van der Waals surface area contributed by atoms with E-state index >= 15 is 0 Å². The number of rotatable bonds is 3. The van der Waals surface area contributed by atoms with Crippen molar-refractivity contribution in [3.63, 3.8) is 0 Å². The number of hydrogen-bond donors (Lipinski definition) is 2. The van der Waals surface area contributed by atoms with E-state index in [1.165, 1.54) is 17.9 Å². The van der Waals surface area contributed by atoms with Crippen LogP contribution in [0.5, 0.6) is 0 Å². The first kappa shape index (κ1) is 10.4. The molecule has 0 aliphatic heterocycles. The van der Waals surface area contributed by atoms with E-state index in [0.29, 0.717) is 0 Å². The largest absolute Gasteiger partial charge is 0.388 e. The van der Waals surface area contributed by atoms with Gasteiger partial charge in [0.2, 0.25) is 5.13 Å². The van der Waals surface area contributed by atoms with Crippen molar-refractivity contribution in [2.24, 2.45) is 0 Å². The van der Waals surface area contributed by atoms with Crippen molar-refractivity contribution < 1.29 is 5.11 Å². The van der Waals surface area contributed by atoms with Gasteiger partial charge in [0.25, 0.3) is 0 Å². The van der Waals surface area contributed by atoms with Gasteiger partial charge in [-0.25, -0.2) is 4.98 Å². The number of nitrogens with one attached hydrogen (secondary N) is 1. The minimum absolute atomic E-state index is 0.424. The molecule has 13 heavy (non-hydrogen) atoms. The van der Waals surface area contributed by atoms with Gasteiger partial charge in [0, 0.05) is 11.5 Å². The van der Waals surface area contributed by atoms with Crippen LogP contribution in [0.3, 0.4) is 0 Å². The van der Waals surface area contributed by atoms with Crippen LogP contribution in [-0.2, 0) is 0 Å². The van der Waals surface area contributed by atoms with E-state index in [4.69, 9.17) is 0 Å². The van der Waals surface area contributed by atoms with Crippen LogP contribution in [0.15, 0.2) is 6.33 Å². The first-order valence-electron chi connectivity index (χ1n) is 4.10. The summed E-state index contributed by atoms with van der Waals surface area (Å²) in [5, 5.41) is 13.7. The van der Waals surface area contributed by atoms with E-state index in [2.05, 4.69) is 14.7 Å². The van der Waals surface area contributed by atoms with Gasteiger partial charge in [-0.3, -0.25) is 0 Å². The third kappa shape index (κ3) is 2.38. The second kappa shape index (κ2) is 3.23. The summed E-state index contributed by atoms with van der Waals surface area (Å²) < 4.78 is 3.87. The van der Waals surface area contributed by atoms with Crippen LogP contribution < -0.4 is 5.32 Å². The van der Waals surface area contributed by atoms with Gasteiger partial charge in [0.15, 0.2) is 0 Å². The lowest BCUT2D eigenvalue weighted by Crippen LogP contribution is -2.51. The molecule has 0 saturated carbocycles. The molecule has 74 valence electrons. The van der Waals surface area contributed by atoms with Crippen molar-refractivity contribution in [1.82, 2.24) is 9.36 Å². The van der Waals surface area contributed by atoms with Gasteiger partial charge < -0.3 is 10.4 Å². The van der Waals surface area contributed by atoms with Crippen LogP contribution in [-0.4, -0.2) is 25.6 Å². The highest BCUT2D eigenvalue weighted by atomic mass is 32.1. The maximum atomic E-state index is 9.84. The minimum atomic E-state index is -0.807. The van der Waals surface area contributed by atoms with Crippen molar-refractivity contribution in [2.75, 3.05) is 5.32 Å². The molecule has 0 amide bonds. The quantitative estimate of drug-likeness (QED) is 0.778. The molecule has 5 heteroatoms. The molecule has 0 radical (unpaired) electrons. The molecular weight excluding hydrogens is 186 g/mol. The highest BCUT2D eigenvalue weighted by molar-refractivity contribution is 7.09. The molecule has 1 aromatic rings. The van der Waals surface area contributed by atoms with Crippen LogP contribution in [0.1, 0.15) is 27.7 Å². The summed E-state index contributed by atoms with van der Waals surface area (Å²) >= 11 is 1.28. The van der Waals surface area contributed by atoms with Gasteiger partial charge in [0.05, 0.1) is 11.1 Å². The van der Waals surface area contributed by atoms with Crippen molar-refractivity contribution in [1.29, 1.82) is 0 Å². The van der Waals surface area contributed by atoms with E-state index < -0.39 is 11.1 Å². The van der Waals surface area contributed by atoms with Gasteiger partial charge in [-0.15, -0.1) is 0 Å². The highest BCUT2D eigenvalue weighted by Gasteiger charge is 2.35. The molecule has 0 saturated heterocycles. The van der Waals surface area contributed by atoms with Crippen LogP contribution in [0, 0.1) is 0 Å². The normalized spacial score (nSPS) is 13.0. The van der Waals surface area contributed by atoms with Crippen molar-refractivity contribution in [3.8, 4) is 0 Å². The van der Waals surface area contributed by atoms with E-state index in [1.807, 2.05) is 13.8 Å². The van der Waals surface area contributed by atoms with Gasteiger partial charge in [-0.1, -0.05) is 0 Å². The Morgan fingerprint density at radius 2 is 2.00 bits per heavy atom. The maximum absolute atomic E-state index is 9.84. The maximum Gasteiger partial charge on any atom is 0.202 e. The fourth-order valence-electron chi connectivity index (χ4n) is 0.648.